The third-order valence-electron chi connectivity index (χ3n) is 3.87. The minimum atomic E-state index is -0.330. The predicted molar refractivity (Wildman–Crippen MR) is 112 cm³/mol. The van der Waals surface area contributed by atoms with Crippen molar-refractivity contribution >= 4 is 35.5 Å². The zero-order chi connectivity index (χ0) is 20.8. The first kappa shape index (κ1) is 20.7. The van der Waals surface area contributed by atoms with E-state index in [0.717, 1.165) is 5.56 Å². The number of hydrogen-bond acceptors (Lipinski definition) is 7. The number of benzene rings is 2. The smallest absolute Gasteiger partial charge is 0.250 e. The number of nitrogens with one attached hydrogen (secondary N) is 1. The summed E-state index contributed by atoms with van der Waals surface area (Å²) < 4.78 is 1.92. The Kier molecular flexibility index (Phi) is 6.73. The van der Waals surface area contributed by atoms with Crippen LogP contribution in [0.2, 0.25) is 5.02 Å². The van der Waals surface area contributed by atoms with Crippen LogP contribution in [-0.2, 0) is 11.3 Å². The standard InChI is InChI=1S/C19H18ClN5O3S/c1-2-25-18(12-3-6-14(20)7-4-12)23-24-19(25)29-11-17(28)22-21-10-13-5-8-15(26)9-16(13)27/h3-10,26-27H,2,11H2,1H3,(H,22,28). The van der Waals surface area contributed by atoms with Crippen LogP contribution in [0.1, 0.15) is 12.5 Å². The molecule has 0 radical (unpaired) electrons. The number of hydrazone groups is 1. The highest BCUT2D eigenvalue weighted by molar-refractivity contribution is 7.99. The van der Waals surface area contributed by atoms with Gasteiger partial charge in [0.05, 0.1) is 12.0 Å². The molecule has 1 heterocycles. The Bertz CT molecular complexity index is 1040. The van der Waals surface area contributed by atoms with E-state index >= 15 is 0 Å². The summed E-state index contributed by atoms with van der Waals surface area (Å²) in [6, 6.07) is 11.4. The van der Waals surface area contributed by atoms with Gasteiger partial charge in [-0.05, 0) is 43.3 Å². The molecule has 0 unspecified atom stereocenters. The number of nitrogens with zero attached hydrogens (tertiary/aromatic N) is 4. The lowest BCUT2D eigenvalue weighted by atomic mass is 10.2. The highest BCUT2D eigenvalue weighted by atomic mass is 35.5. The Morgan fingerprint density at radius 2 is 2.00 bits per heavy atom. The maximum absolute atomic E-state index is 12.0. The first-order valence-corrected chi connectivity index (χ1v) is 10.00. The molecule has 10 heteroatoms. The van der Waals surface area contributed by atoms with Crippen molar-refractivity contribution in [1.82, 2.24) is 20.2 Å². The largest absolute Gasteiger partial charge is 0.508 e. The van der Waals surface area contributed by atoms with Crippen LogP contribution in [0.4, 0.5) is 0 Å². The molecule has 0 fully saturated rings. The van der Waals surface area contributed by atoms with Gasteiger partial charge in [-0.3, -0.25) is 4.79 Å². The molecular weight excluding hydrogens is 414 g/mol. The van der Waals surface area contributed by atoms with Crippen molar-refractivity contribution in [3.05, 3.63) is 53.1 Å². The van der Waals surface area contributed by atoms with Gasteiger partial charge in [0.25, 0.3) is 5.91 Å². The predicted octanol–water partition coefficient (Wildman–Crippen LogP) is 3.27. The Hall–Kier alpha value is -3.04. The molecule has 0 aliphatic carbocycles. The molecule has 0 bridgehead atoms. The summed E-state index contributed by atoms with van der Waals surface area (Å²) in [7, 11) is 0. The Labute approximate surface area is 176 Å². The Morgan fingerprint density at radius 1 is 1.24 bits per heavy atom. The number of amides is 1. The van der Waals surface area contributed by atoms with E-state index in [0.29, 0.717) is 28.1 Å². The molecule has 3 aromatic rings. The number of phenols is 2. The number of hydrogen-bond donors (Lipinski definition) is 3. The van der Waals surface area contributed by atoms with Crippen molar-refractivity contribution in [2.75, 3.05) is 5.75 Å². The van der Waals surface area contributed by atoms with E-state index in [9.17, 15) is 15.0 Å². The fourth-order valence-corrected chi connectivity index (χ4v) is 3.39. The highest BCUT2D eigenvalue weighted by Crippen LogP contribution is 2.25. The number of halogens is 1. The minimum Gasteiger partial charge on any atom is -0.508 e. The SMILES string of the molecule is CCn1c(SCC(=O)NN=Cc2ccc(O)cc2O)nnc1-c1ccc(Cl)cc1. The van der Waals surface area contributed by atoms with Crippen LogP contribution in [-0.4, -0.2) is 42.9 Å². The molecule has 29 heavy (non-hydrogen) atoms. The van der Waals surface area contributed by atoms with Crippen molar-refractivity contribution in [1.29, 1.82) is 0 Å². The molecular formula is C19H18ClN5O3S. The van der Waals surface area contributed by atoms with Crippen molar-refractivity contribution < 1.29 is 15.0 Å². The number of carbonyl (C=O) groups excluding carboxylic acids is 1. The molecule has 3 N–H and O–H groups in total. The maximum Gasteiger partial charge on any atom is 0.250 e. The summed E-state index contributed by atoms with van der Waals surface area (Å²) in [6.45, 7) is 2.62. The second kappa shape index (κ2) is 9.44. The lowest BCUT2D eigenvalue weighted by molar-refractivity contribution is -0.118. The van der Waals surface area contributed by atoms with Crippen LogP contribution in [0.5, 0.6) is 11.5 Å². The number of carbonyl (C=O) groups is 1. The van der Waals surface area contributed by atoms with Crippen LogP contribution in [0, 0.1) is 0 Å². The zero-order valence-electron chi connectivity index (χ0n) is 15.4. The minimum absolute atomic E-state index is 0.0573. The van der Waals surface area contributed by atoms with E-state index in [-0.39, 0.29) is 23.2 Å². The molecule has 0 aliphatic heterocycles. The molecule has 150 valence electrons. The van der Waals surface area contributed by atoms with Gasteiger partial charge < -0.3 is 14.8 Å². The fraction of sp³-hybridized carbons (Fsp3) is 0.158. The van der Waals surface area contributed by atoms with E-state index in [1.165, 1.54) is 36.2 Å². The number of thioether (sulfide) groups is 1. The second-order valence-electron chi connectivity index (χ2n) is 5.88. The molecule has 0 saturated carbocycles. The quantitative estimate of drug-likeness (QED) is 0.300. The van der Waals surface area contributed by atoms with Crippen molar-refractivity contribution in [3.63, 3.8) is 0 Å². The van der Waals surface area contributed by atoms with Crippen molar-refractivity contribution in [2.24, 2.45) is 5.10 Å². The number of phenolic OH excluding ortho intramolecular Hbond substituents is 2. The topological polar surface area (TPSA) is 113 Å². The third-order valence-corrected chi connectivity index (χ3v) is 5.09. The molecule has 1 aromatic heterocycles. The van der Waals surface area contributed by atoms with Gasteiger partial charge in [0, 0.05) is 28.8 Å². The lowest BCUT2D eigenvalue weighted by Gasteiger charge is -2.07. The second-order valence-corrected chi connectivity index (χ2v) is 7.26. The van der Waals surface area contributed by atoms with Gasteiger partial charge in [0.2, 0.25) is 0 Å². The van der Waals surface area contributed by atoms with Crippen LogP contribution in [0.3, 0.4) is 0 Å². The summed E-state index contributed by atoms with van der Waals surface area (Å²) in [6.07, 6.45) is 1.30. The summed E-state index contributed by atoms with van der Waals surface area (Å²) in [5.41, 5.74) is 3.65. The molecule has 3 rings (SSSR count). The molecule has 0 aliphatic rings. The van der Waals surface area contributed by atoms with Crippen LogP contribution in [0.15, 0.2) is 52.7 Å². The summed E-state index contributed by atoms with van der Waals surface area (Å²) >= 11 is 7.18. The first-order valence-electron chi connectivity index (χ1n) is 8.63. The van der Waals surface area contributed by atoms with E-state index in [1.807, 2.05) is 23.6 Å². The molecule has 0 saturated heterocycles. The van der Waals surface area contributed by atoms with Gasteiger partial charge in [-0.1, -0.05) is 23.4 Å². The molecule has 0 atom stereocenters. The van der Waals surface area contributed by atoms with E-state index < -0.39 is 0 Å². The van der Waals surface area contributed by atoms with E-state index in [2.05, 4.69) is 20.7 Å². The number of aromatic hydroxyl groups is 2. The molecule has 0 spiro atoms. The third kappa shape index (κ3) is 5.27. The molecule has 1 amide bonds. The van der Waals surface area contributed by atoms with Crippen LogP contribution in [0.25, 0.3) is 11.4 Å². The normalized spacial score (nSPS) is 11.1. The van der Waals surface area contributed by atoms with E-state index in [1.54, 1.807) is 12.1 Å². The van der Waals surface area contributed by atoms with Gasteiger partial charge in [-0.25, -0.2) is 5.43 Å². The fourth-order valence-electron chi connectivity index (χ4n) is 2.47. The number of rotatable bonds is 7. The summed E-state index contributed by atoms with van der Waals surface area (Å²) in [5.74, 6) is 0.273. The molecule has 8 nitrogen and oxygen atoms in total. The van der Waals surface area contributed by atoms with Crippen molar-refractivity contribution in [2.45, 2.75) is 18.6 Å². The molecule has 2 aromatic carbocycles. The van der Waals surface area contributed by atoms with Crippen LogP contribution < -0.4 is 5.43 Å². The zero-order valence-corrected chi connectivity index (χ0v) is 17.0. The summed E-state index contributed by atoms with van der Waals surface area (Å²) in [5, 5.41) is 32.4. The van der Waals surface area contributed by atoms with Gasteiger partial charge in [0.15, 0.2) is 11.0 Å². The lowest BCUT2D eigenvalue weighted by Crippen LogP contribution is -2.20. The van der Waals surface area contributed by atoms with Gasteiger partial charge in [-0.15, -0.1) is 10.2 Å². The average Bonchev–Trinajstić information content (AvgIpc) is 3.11. The number of aromatic nitrogens is 3. The Balaban J connectivity index is 1.60. The van der Waals surface area contributed by atoms with Crippen LogP contribution >= 0.6 is 23.4 Å². The monoisotopic (exact) mass is 431 g/mol. The van der Waals surface area contributed by atoms with Gasteiger partial charge >= 0.3 is 0 Å². The maximum atomic E-state index is 12.0. The van der Waals surface area contributed by atoms with Gasteiger partial charge in [-0.2, -0.15) is 5.10 Å². The first-order chi connectivity index (χ1) is 14.0. The van der Waals surface area contributed by atoms with Gasteiger partial charge in [0.1, 0.15) is 11.5 Å². The summed E-state index contributed by atoms with van der Waals surface area (Å²) in [4.78, 5) is 12.0. The highest BCUT2D eigenvalue weighted by Gasteiger charge is 2.14. The van der Waals surface area contributed by atoms with E-state index in [4.69, 9.17) is 11.6 Å². The Morgan fingerprint density at radius 3 is 2.69 bits per heavy atom. The van der Waals surface area contributed by atoms with Crippen molar-refractivity contribution in [3.8, 4) is 22.9 Å². The average molecular weight is 432 g/mol.